The number of nitrogens with two attached hydrogens (primary N) is 1. The third-order valence-corrected chi connectivity index (χ3v) is 4.43. The summed E-state index contributed by atoms with van der Waals surface area (Å²) in [7, 11) is 0. The van der Waals surface area contributed by atoms with Gasteiger partial charge in [-0.3, -0.25) is 16.3 Å². The molecule has 3 nitrogen and oxygen atoms in total. The van der Waals surface area contributed by atoms with Crippen LogP contribution in [0.15, 0.2) is 53.1 Å². The summed E-state index contributed by atoms with van der Waals surface area (Å²) in [6.45, 7) is 0. The summed E-state index contributed by atoms with van der Waals surface area (Å²) in [6.07, 6.45) is 2.96. The summed E-state index contributed by atoms with van der Waals surface area (Å²) < 4.78 is 1.01. The van der Waals surface area contributed by atoms with E-state index in [-0.39, 0.29) is 6.04 Å². The van der Waals surface area contributed by atoms with Crippen molar-refractivity contribution in [2.75, 3.05) is 0 Å². The Morgan fingerprint density at radius 2 is 2.00 bits per heavy atom. The molecular formula is C15H16BrN3. The predicted molar refractivity (Wildman–Crippen MR) is 79.3 cm³/mol. The van der Waals surface area contributed by atoms with E-state index in [9.17, 15) is 0 Å². The van der Waals surface area contributed by atoms with Crippen LogP contribution in [-0.4, -0.2) is 4.98 Å². The second-order valence-corrected chi connectivity index (χ2v) is 5.79. The van der Waals surface area contributed by atoms with Gasteiger partial charge < -0.3 is 0 Å². The van der Waals surface area contributed by atoms with Crippen molar-refractivity contribution in [3.05, 3.63) is 64.4 Å². The molecule has 0 aliphatic heterocycles. The van der Waals surface area contributed by atoms with Gasteiger partial charge in [-0.1, -0.05) is 30.3 Å². The molecule has 0 amide bonds. The van der Waals surface area contributed by atoms with Gasteiger partial charge in [0.1, 0.15) is 0 Å². The molecule has 2 aromatic rings. The molecule has 1 heterocycles. The SMILES string of the molecule is NNC(c1ncccc1Br)C1CC1c1ccccc1. The van der Waals surface area contributed by atoms with Crippen LogP contribution in [0, 0.1) is 5.92 Å². The summed E-state index contributed by atoms with van der Waals surface area (Å²) in [4.78, 5) is 4.45. The lowest BCUT2D eigenvalue weighted by Crippen LogP contribution is -2.30. The van der Waals surface area contributed by atoms with E-state index >= 15 is 0 Å². The highest BCUT2D eigenvalue weighted by Gasteiger charge is 2.45. The van der Waals surface area contributed by atoms with Crippen LogP contribution in [0.3, 0.4) is 0 Å². The molecule has 3 atom stereocenters. The fourth-order valence-corrected chi connectivity index (χ4v) is 3.20. The first kappa shape index (κ1) is 12.8. The van der Waals surface area contributed by atoms with Crippen LogP contribution in [0.4, 0.5) is 0 Å². The minimum absolute atomic E-state index is 0.0979. The first-order valence-electron chi connectivity index (χ1n) is 6.42. The van der Waals surface area contributed by atoms with Crippen LogP contribution in [0.2, 0.25) is 0 Å². The Hall–Kier alpha value is -1.23. The van der Waals surface area contributed by atoms with Gasteiger partial charge in [0.2, 0.25) is 0 Å². The minimum Gasteiger partial charge on any atom is -0.271 e. The Bertz CT molecular complexity index is 558. The summed E-state index contributed by atoms with van der Waals surface area (Å²) in [5, 5.41) is 0. The monoisotopic (exact) mass is 317 g/mol. The van der Waals surface area contributed by atoms with E-state index in [1.165, 1.54) is 5.56 Å². The molecule has 4 heteroatoms. The van der Waals surface area contributed by atoms with E-state index in [0.29, 0.717) is 11.8 Å². The molecule has 3 N–H and O–H groups in total. The maximum absolute atomic E-state index is 5.74. The predicted octanol–water partition coefficient (Wildman–Crippen LogP) is 3.15. The lowest BCUT2D eigenvalue weighted by Gasteiger charge is -2.16. The summed E-state index contributed by atoms with van der Waals surface area (Å²) in [5.74, 6) is 6.84. The van der Waals surface area contributed by atoms with Crippen molar-refractivity contribution in [1.29, 1.82) is 0 Å². The van der Waals surface area contributed by atoms with E-state index in [2.05, 4.69) is 56.7 Å². The molecule has 0 bridgehead atoms. The van der Waals surface area contributed by atoms with Crippen LogP contribution >= 0.6 is 15.9 Å². The van der Waals surface area contributed by atoms with Crippen molar-refractivity contribution in [3.63, 3.8) is 0 Å². The molecule has 1 aliphatic rings. The second-order valence-electron chi connectivity index (χ2n) is 4.93. The van der Waals surface area contributed by atoms with E-state index in [4.69, 9.17) is 5.84 Å². The third kappa shape index (κ3) is 2.56. The molecule has 3 unspecified atom stereocenters. The molecule has 98 valence electrons. The lowest BCUT2D eigenvalue weighted by atomic mass is 10.0. The number of aromatic nitrogens is 1. The maximum Gasteiger partial charge on any atom is 0.0731 e. The zero-order valence-corrected chi connectivity index (χ0v) is 12.0. The quantitative estimate of drug-likeness (QED) is 0.672. The van der Waals surface area contributed by atoms with E-state index in [1.54, 1.807) is 0 Å². The number of hydrogen-bond donors (Lipinski definition) is 2. The van der Waals surface area contributed by atoms with Crippen molar-refractivity contribution in [2.45, 2.75) is 18.4 Å². The van der Waals surface area contributed by atoms with Gasteiger partial charge in [0, 0.05) is 10.7 Å². The van der Waals surface area contributed by atoms with Gasteiger partial charge in [-0.25, -0.2) is 0 Å². The van der Waals surface area contributed by atoms with Gasteiger partial charge in [0.05, 0.1) is 11.7 Å². The summed E-state index contributed by atoms with van der Waals surface area (Å²) >= 11 is 3.55. The zero-order valence-electron chi connectivity index (χ0n) is 10.5. The van der Waals surface area contributed by atoms with Crippen LogP contribution in [0.5, 0.6) is 0 Å². The Morgan fingerprint density at radius 1 is 1.21 bits per heavy atom. The number of benzene rings is 1. The van der Waals surface area contributed by atoms with Gasteiger partial charge in [0.15, 0.2) is 0 Å². The zero-order chi connectivity index (χ0) is 13.2. The molecule has 1 aromatic heterocycles. The third-order valence-electron chi connectivity index (χ3n) is 3.76. The van der Waals surface area contributed by atoms with Gasteiger partial charge in [0.25, 0.3) is 0 Å². The number of pyridine rings is 1. The van der Waals surface area contributed by atoms with Crippen molar-refractivity contribution in [1.82, 2.24) is 10.4 Å². The second kappa shape index (κ2) is 5.41. The number of nitrogens with zero attached hydrogens (tertiary/aromatic N) is 1. The normalized spacial score (nSPS) is 23.1. The highest BCUT2D eigenvalue weighted by atomic mass is 79.9. The van der Waals surface area contributed by atoms with Gasteiger partial charge in [-0.2, -0.15) is 0 Å². The van der Waals surface area contributed by atoms with Crippen molar-refractivity contribution in [3.8, 4) is 0 Å². The van der Waals surface area contributed by atoms with Crippen molar-refractivity contribution in [2.24, 2.45) is 11.8 Å². The van der Waals surface area contributed by atoms with Gasteiger partial charge >= 0.3 is 0 Å². The molecule has 3 rings (SSSR count). The highest BCUT2D eigenvalue weighted by molar-refractivity contribution is 9.10. The Morgan fingerprint density at radius 3 is 2.68 bits per heavy atom. The van der Waals surface area contributed by atoms with Crippen molar-refractivity contribution < 1.29 is 0 Å². The van der Waals surface area contributed by atoms with E-state index in [1.807, 2.05) is 18.3 Å². The summed E-state index contributed by atoms with van der Waals surface area (Å²) in [6, 6.07) is 14.6. The fraction of sp³-hybridized carbons (Fsp3) is 0.267. The molecule has 1 saturated carbocycles. The molecule has 19 heavy (non-hydrogen) atoms. The first-order valence-corrected chi connectivity index (χ1v) is 7.22. The van der Waals surface area contributed by atoms with Gasteiger partial charge in [-0.05, 0) is 51.9 Å². The number of nitrogens with one attached hydrogen (secondary N) is 1. The number of hydrazine groups is 1. The maximum atomic E-state index is 5.74. The molecule has 1 aliphatic carbocycles. The highest BCUT2D eigenvalue weighted by Crippen LogP contribution is 2.54. The van der Waals surface area contributed by atoms with Gasteiger partial charge in [-0.15, -0.1) is 0 Å². The average molecular weight is 318 g/mol. The molecule has 1 aromatic carbocycles. The Balaban J connectivity index is 1.81. The molecule has 1 fully saturated rings. The summed E-state index contributed by atoms with van der Waals surface area (Å²) in [5.41, 5.74) is 5.31. The molecule has 0 radical (unpaired) electrons. The standard InChI is InChI=1S/C15H16BrN3/c16-13-7-4-8-18-15(13)14(19-17)12-9-11(12)10-5-2-1-3-6-10/h1-8,11-12,14,19H,9,17H2. The fourth-order valence-electron chi connectivity index (χ4n) is 2.70. The Kier molecular flexibility index (Phi) is 3.64. The lowest BCUT2D eigenvalue weighted by molar-refractivity contribution is 0.474. The minimum atomic E-state index is 0.0979. The molecular weight excluding hydrogens is 302 g/mol. The van der Waals surface area contributed by atoms with Crippen LogP contribution in [0.1, 0.15) is 29.6 Å². The molecule has 0 spiro atoms. The number of hydrogen-bond acceptors (Lipinski definition) is 3. The van der Waals surface area contributed by atoms with Crippen LogP contribution in [-0.2, 0) is 0 Å². The van der Waals surface area contributed by atoms with Crippen LogP contribution < -0.4 is 11.3 Å². The van der Waals surface area contributed by atoms with E-state index < -0.39 is 0 Å². The smallest absolute Gasteiger partial charge is 0.0731 e. The molecule has 0 saturated heterocycles. The largest absolute Gasteiger partial charge is 0.271 e. The number of rotatable bonds is 4. The number of halogens is 1. The van der Waals surface area contributed by atoms with E-state index in [0.717, 1.165) is 16.6 Å². The van der Waals surface area contributed by atoms with Crippen LogP contribution in [0.25, 0.3) is 0 Å². The topological polar surface area (TPSA) is 50.9 Å². The first-order chi connectivity index (χ1) is 9.31. The average Bonchev–Trinajstić information content (AvgIpc) is 3.23. The Labute approximate surface area is 121 Å². The van der Waals surface area contributed by atoms with Crippen molar-refractivity contribution >= 4 is 15.9 Å².